The summed E-state index contributed by atoms with van der Waals surface area (Å²) >= 11 is 1.61. The number of aryl methyl sites for hydroxylation is 2. The van der Waals surface area contributed by atoms with E-state index in [4.69, 9.17) is 0 Å². The van der Waals surface area contributed by atoms with Crippen LogP contribution in [0.1, 0.15) is 29.3 Å². The molecular formula is C16H18N2OS. The van der Waals surface area contributed by atoms with E-state index in [1.54, 1.807) is 11.3 Å². The number of benzene rings is 1. The molecule has 4 heteroatoms. The highest BCUT2D eigenvalue weighted by atomic mass is 32.1. The summed E-state index contributed by atoms with van der Waals surface area (Å²) in [6, 6.07) is 6.19. The van der Waals surface area contributed by atoms with Gasteiger partial charge in [-0.25, -0.2) is 4.98 Å². The smallest absolute Gasteiger partial charge is 0.193 e. The van der Waals surface area contributed by atoms with Crippen LogP contribution in [0.25, 0.3) is 4.96 Å². The third kappa shape index (κ3) is 2.37. The molecule has 0 bridgehead atoms. The number of aromatic nitrogens is 2. The highest BCUT2D eigenvalue weighted by Crippen LogP contribution is 2.29. The van der Waals surface area contributed by atoms with Gasteiger partial charge in [0.15, 0.2) is 4.96 Å². The monoisotopic (exact) mass is 286 g/mol. The molecule has 1 unspecified atom stereocenters. The topological polar surface area (TPSA) is 37.5 Å². The molecule has 2 heterocycles. The van der Waals surface area contributed by atoms with E-state index in [-0.39, 0.29) is 0 Å². The van der Waals surface area contributed by atoms with Gasteiger partial charge in [0, 0.05) is 24.2 Å². The van der Waals surface area contributed by atoms with E-state index >= 15 is 0 Å². The Balaban J connectivity index is 1.95. The van der Waals surface area contributed by atoms with Crippen LogP contribution >= 0.6 is 11.3 Å². The van der Waals surface area contributed by atoms with Gasteiger partial charge in [0.05, 0.1) is 11.3 Å². The highest BCUT2D eigenvalue weighted by Gasteiger charge is 2.26. The van der Waals surface area contributed by atoms with Gasteiger partial charge in [-0.3, -0.25) is 4.40 Å². The second-order valence-corrected chi connectivity index (χ2v) is 6.47. The molecule has 0 fully saturated rings. The fraction of sp³-hybridized carbons (Fsp3) is 0.312. The van der Waals surface area contributed by atoms with E-state index in [0.717, 1.165) is 27.3 Å². The summed E-state index contributed by atoms with van der Waals surface area (Å²) < 4.78 is 2.00. The Bertz CT molecular complexity index is 726. The van der Waals surface area contributed by atoms with E-state index < -0.39 is 5.60 Å². The second kappa shape index (κ2) is 4.72. The number of hydrogen-bond acceptors (Lipinski definition) is 3. The summed E-state index contributed by atoms with van der Waals surface area (Å²) in [5, 5.41) is 12.9. The van der Waals surface area contributed by atoms with Gasteiger partial charge in [-0.05, 0) is 31.9 Å². The molecule has 3 nitrogen and oxygen atoms in total. The maximum atomic E-state index is 10.9. The predicted molar refractivity (Wildman–Crippen MR) is 82.3 cm³/mol. The first-order valence-corrected chi connectivity index (χ1v) is 7.55. The van der Waals surface area contributed by atoms with E-state index in [2.05, 4.69) is 23.2 Å². The quantitative estimate of drug-likeness (QED) is 0.800. The van der Waals surface area contributed by atoms with Crippen molar-refractivity contribution in [1.82, 2.24) is 9.38 Å². The minimum Gasteiger partial charge on any atom is -0.385 e. The number of imidazole rings is 1. The van der Waals surface area contributed by atoms with Crippen LogP contribution in [-0.4, -0.2) is 14.5 Å². The fourth-order valence-corrected chi connectivity index (χ4v) is 3.34. The summed E-state index contributed by atoms with van der Waals surface area (Å²) in [5.41, 5.74) is 3.27. The number of thiazole rings is 1. The molecular weight excluding hydrogens is 268 g/mol. The molecule has 3 aromatic rings. The molecule has 3 rings (SSSR count). The number of rotatable bonds is 3. The number of hydrogen-bond donors (Lipinski definition) is 1. The molecule has 0 aliphatic carbocycles. The van der Waals surface area contributed by atoms with Crippen LogP contribution in [0.15, 0.2) is 36.0 Å². The van der Waals surface area contributed by atoms with Crippen LogP contribution in [-0.2, 0) is 12.0 Å². The van der Waals surface area contributed by atoms with Crippen molar-refractivity contribution in [3.8, 4) is 0 Å². The summed E-state index contributed by atoms with van der Waals surface area (Å²) in [5.74, 6) is 0. The van der Waals surface area contributed by atoms with Crippen molar-refractivity contribution < 1.29 is 5.11 Å². The van der Waals surface area contributed by atoms with E-state index in [9.17, 15) is 5.11 Å². The SMILES string of the molecule is Cc1ccc(C)c(C(C)(O)Cc2cn3ccsc3n2)c1. The van der Waals surface area contributed by atoms with Gasteiger partial charge in [-0.15, -0.1) is 11.3 Å². The molecule has 20 heavy (non-hydrogen) atoms. The van der Waals surface area contributed by atoms with E-state index in [1.165, 1.54) is 0 Å². The number of aliphatic hydroxyl groups is 1. The molecule has 1 atom stereocenters. The molecule has 0 saturated carbocycles. The molecule has 1 N–H and O–H groups in total. The van der Waals surface area contributed by atoms with Crippen LogP contribution < -0.4 is 0 Å². The zero-order valence-electron chi connectivity index (χ0n) is 11.9. The molecule has 0 amide bonds. The maximum absolute atomic E-state index is 10.9. The lowest BCUT2D eigenvalue weighted by Gasteiger charge is -2.25. The van der Waals surface area contributed by atoms with Gasteiger partial charge in [-0.2, -0.15) is 0 Å². The zero-order chi connectivity index (χ0) is 14.3. The van der Waals surface area contributed by atoms with Gasteiger partial charge in [0.2, 0.25) is 0 Å². The summed E-state index contributed by atoms with van der Waals surface area (Å²) in [6.07, 6.45) is 4.50. The zero-order valence-corrected chi connectivity index (χ0v) is 12.7. The average Bonchev–Trinajstić information content (AvgIpc) is 2.92. The number of fused-ring (bicyclic) bond motifs is 1. The van der Waals surface area contributed by atoms with Crippen LogP contribution in [0.4, 0.5) is 0 Å². The van der Waals surface area contributed by atoms with Gasteiger partial charge in [0.25, 0.3) is 0 Å². The Kier molecular flexibility index (Phi) is 3.15. The third-order valence-corrected chi connectivity index (χ3v) is 4.41. The Morgan fingerprint density at radius 1 is 1.35 bits per heavy atom. The first-order valence-electron chi connectivity index (χ1n) is 6.67. The van der Waals surface area contributed by atoms with E-state index in [0.29, 0.717) is 6.42 Å². The molecule has 0 radical (unpaired) electrons. The molecule has 104 valence electrons. The normalized spacial score (nSPS) is 14.6. The van der Waals surface area contributed by atoms with Gasteiger partial charge >= 0.3 is 0 Å². The Labute approximate surface area is 122 Å². The Morgan fingerprint density at radius 3 is 2.90 bits per heavy atom. The standard InChI is InChI=1S/C16H18N2OS/c1-11-4-5-12(2)14(8-11)16(3,19)9-13-10-18-6-7-20-15(18)17-13/h4-8,10,19H,9H2,1-3H3. The van der Waals surface area contributed by atoms with Crippen LogP contribution in [0.3, 0.4) is 0 Å². The van der Waals surface area contributed by atoms with Crippen molar-refractivity contribution in [3.05, 3.63) is 58.4 Å². The van der Waals surface area contributed by atoms with Crippen molar-refractivity contribution in [2.75, 3.05) is 0 Å². The molecule has 1 aromatic carbocycles. The number of nitrogens with zero attached hydrogens (tertiary/aromatic N) is 2. The minimum absolute atomic E-state index is 0.520. The fourth-order valence-electron chi connectivity index (χ4n) is 2.63. The van der Waals surface area contributed by atoms with Crippen LogP contribution in [0.2, 0.25) is 0 Å². The van der Waals surface area contributed by atoms with Crippen LogP contribution in [0.5, 0.6) is 0 Å². The van der Waals surface area contributed by atoms with Crippen molar-refractivity contribution in [2.45, 2.75) is 32.8 Å². The van der Waals surface area contributed by atoms with E-state index in [1.807, 2.05) is 42.9 Å². The molecule has 0 spiro atoms. The largest absolute Gasteiger partial charge is 0.385 e. The average molecular weight is 286 g/mol. The van der Waals surface area contributed by atoms with Crippen molar-refractivity contribution in [2.24, 2.45) is 0 Å². The molecule has 2 aromatic heterocycles. The minimum atomic E-state index is -0.903. The van der Waals surface area contributed by atoms with Gasteiger partial charge < -0.3 is 5.11 Å². The van der Waals surface area contributed by atoms with Crippen LogP contribution in [0, 0.1) is 13.8 Å². The molecule has 0 aliphatic rings. The summed E-state index contributed by atoms with van der Waals surface area (Å²) in [6.45, 7) is 5.95. The van der Waals surface area contributed by atoms with Crippen molar-refractivity contribution in [3.63, 3.8) is 0 Å². The highest BCUT2D eigenvalue weighted by molar-refractivity contribution is 7.15. The lowest BCUT2D eigenvalue weighted by molar-refractivity contribution is 0.0560. The van der Waals surface area contributed by atoms with Gasteiger partial charge in [0.1, 0.15) is 0 Å². The van der Waals surface area contributed by atoms with Crippen molar-refractivity contribution in [1.29, 1.82) is 0 Å². The lowest BCUT2D eigenvalue weighted by Crippen LogP contribution is -2.25. The first-order chi connectivity index (χ1) is 9.45. The Morgan fingerprint density at radius 2 is 2.15 bits per heavy atom. The lowest BCUT2D eigenvalue weighted by atomic mass is 9.87. The summed E-state index contributed by atoms with van der Waals surface area (Å²) in [4.78, 5) is 5.53. The molecule has 0 aliphatic heterocycles. The Hall–Kier alpha value is -1.65. The first kappa shape index (κ1) is 13.3. The van der Waals surface area contributed by atoms with Crippen molar-refractivity contribution >= 4 is 16.3 Å². The van der Waals surface area contributed by atoms with Gasteiger partial charge in [-0.1, -0.05) is 23.8 Å². The summed E-state index contributed by atoms with van der Waals surface area (Å²) in [7, 11) is 0. The third-order valence-electron chi connectivity index (χ3n) is 3.64. The predicted octanol–water partition coefficient (Wildman–Crippen LogP) is 3.46. The second-order valence-electron chi connectivity index (χ2n) is 5.59. The maximum Gasteiger partial charge on any atom is 0.193 e. The molecule has 0 saturated heterocycles.